The minimum absolute atomic E-state index is 0.181. The summed E-state index contributed by atoms with van der Waals surface area (Å²) in [4.78, 5) is 23.1. The number of nitrogens with one attached hydrogen (secondary N) is 2. The van der Waals surface area contributed by atoms with Gasteiger partial charge in [0.05, 0.1) is 31.7 Å². The van der Waals surface area contributed by atoms with Crippen LogP contribution >= 0.6 is 0 Å². The van der Waals surface area contributed by atoms with E-state index < -0.39 is 11.7 Å². The van der Waals surface area contributed by atoms with Crippen LogP contribution in [0, 0.1) is 12.8 Å². The summed E-state index contributed by atoms with van der Waals surface area (Å²) in [5.74, 6) is -2.88. The van der Waals surface area contributed by atoms with Crippen LogP contribution in [0.3, 0.4) is 0 Å². The van der Waals surface area contributed by atoms with Crippen LogP contribution in [0.25, 0.3) is 0 Å². The molecule has 150 valence electrons. The normalized spacial score (nSPS) is 14.3. The van der Waals surface area contributed by atoms with Crippen LogP contribution in [0.4, 0.5) is 26.1 Å². The summed E-state index contributed by atoms with van der Waals surface area (Å²) in [6.07, 6.45) is 1.45. The number of pyridine rings is 1. The fraction of sp³-hybridized carbons (Fsp3) is 0.444. The van der Waals surface area contributed by atoms with Crippen LogP contribution in [-0.4, -0.2) is 40.7 Å². The molecule has 2 aromatic rings. The fourth-order valence-corrected chi connectivity index (χ4v) is 2.46. The number of aromatic nitrogens is 3. The third-order valence-electron chi connectivity index (χ3n) is 3.86. The minimum Gasteiger partial charge on any atom is -0.489 e. The number of amides is 1. The standard InChI is InChI=1S/C18H21F2N5O3/c1-10-4-16(25-17(22-10)18(3,19)20)24-13-5-15(23-11(2)26)21-6-14(13)28-9-12-7-27-8-12/h4-6,12H,7-9H2,1-3H3,(H2,21,22,23,24,25,26). The van der Waals surface area contributed by atoms with E-state index in [1.54, 1.807) is 13.0 Å². The van der Waals surface area contributed by atoms with Crippen molar-refractivity contribution in [2.24, 2.45) is 5.92 Å². The smallest absolute Gasteiger partial charge is 0.303 e. The van der Waals surface area contributed by atoms with Crippen LogP contribution in [-0.2, 0) is 15.5 Å². The lowest BCUT2D eigenvalue weighted by Gasteiger charge is -2.26. The maximum absolute atomic E-state index is 13.6. The van der Waals surface area contributed by atoms with Gasteiger partial charge in [-0.05, 0) is 6.92 Å². The first-order chi connectivity index (χ1) is 13.2. The Balaban J connectivity index is 1.88. The third kappa shape index (κ3) is 5.10. The molecule has 3 rings (SSSR count). The molecule has 3 heterocycles. The zero-order chi connectivity index (χ0) is 20.3. The summed E-state index contributed by atoms with van der Waals surface area (Å²) in [5, 5.41) is 5.54. The van der Waals surface area contributed by atoms with Crippen molar-refractivity contribution in [1.82, 2.24) is 15.0 Å². The first kappa shape index (κ1) is 19.9. The lowest BCUT2D eigenvalue weighted by molar-refractivity contribution is -0.114. The molecule has 2 N–H and O–H groups in total. The maximum atomic E-state index is 13.6. The van der Waals surface area contributed by atoms with Gasteiger partial charge in [-0.1, -0.05) is 0 Å². The summed E-state index contributed by atoms with van der Waals surface area (Å²) in [6, 6.07) is 3.09. The van der Waals surface area contributed by atoms with Crippen molar-refractivity contribution in [3.63, 3.8) is 0 Å². The molecular weight excluding hydrogens is 372 g/mol. The molecule has 28 heavy (non-hydrogen) atoms. The van der Waals surface area contributed by atoms with E-state index in [0.717, 1.165) is 6.92 Å². The van der Waals surface area contributed by atoms with Crippen LogP contribution < -0.4 is 15.4 Å². The Hall–Kier alpha value is -2.88. The van der Waals surface area contributed by atoms with Crippen molar-refractivity contribution in [3.8, 4) is 5.75 Å². The number of ether oxygens (including phenoxy) is 2. The first-order valence-corrected chi connectivity index (χ1v) is 8.70. The predicted molar refractivity (Wildman–Crippen MR) is 98.0 cm³/mol. The molecule has 1 amide bonds. The molecule has 0 radical (unpaired) electrons. The minimum atomic E-state index is -3.18. The number of anilines is 3. The van der Waals surface area contributed by atoms with Gasteiger partial charge in [-0.3, -0.25) is 4.79 Å². The molecule has 1 aliphatic heterocycles. The molecule has 0 saturated carbocycles. The predicted octanol–water partition coefficient (Wildman–Crippen LogP) is 3.02. The van der Waals surface area contributed by atoms with Gasteiger partial charge in [0.15, 0.2) is 5.75 Å². The second-order valence-electron chi connectivity index (χ2n) is 6.69. The van der Waals surface area contributed by atoms with E-state index in [2.05, 4.69) is 25.6 Å². The van der Waals surface area contributed by atoms with Gasteiger partial charge in [-0.2, -0.15) is 8.78 Å². The topological polar surface area (TPSA) is 98.3 Å². The molecule has 0 unspecified atom stereocenters. The summed E-state index contributed by atoms with van der Waals surface area (Å²) in [5.41, 5.74) is 0.821. The average molecular weight is 393 g/mol. The van der Waals surface area contributed by atoms with Gasteiger partial charge in [0.1, 0.15) is 11.6 Å². The Morgan fingerprint density at radius 1 is 1.32 bits per heavy atom. The zero-order valence-electron chi connectivity index (χ0n) is 15.8. The van der Waals surface area contributed by atoms with Gasteiger partial charge >= 0.3 is 5.92 Å². The highest BCUT2D eigenvalue weighted by molar-refractivity contribution is 5.88. The number of alkyl halides is 2. The summed E-state index contributed by atoms with van der Waals surface area (Å²) in [6.45, 7) is 5.38. The number of halogens is 2. The van der Waals surface area contributed by atoms with E-state index in [-0.39, 0.29) is 17.6 Å². The molecule has 10 heteroatoms. The van der Waals surface area contributed by atoms with Gasteiger partial charge < -0.3 is 20.1 Å². The fourth-order valence-electron chi connectivity index (χ4n) is 2.46. The largest absolute Gasteiger partial charge is 0.489 e. The second kappa shape index (κ2) is 8.01. The summed E-state index contributed by atoms with van der Waals surface area (Å²) >= 11 is 0. The van der Waals surface area contributed by atoms with Crippen LogP contribution in [0.15, 0.2) is 18.3 Å². The van der Waals surface area contributed by atoms with Gasteiger partial charge in [0, 0.05) is 37.6 Å². The first-order valence-electron chi connectivity index (χ1n) is 8.70. The lowest BCUT2D eigenvalue weighted by atomic mass is 10.1. The van der Waals surface area contributed by atoms with E-state index in [1.807, 2.05) is 0 Å². The van der Waals surface area contributed by atoms with E-state index in [0.29, 0.717) is 42.8 Å². The van der Waals surface area contributed by atoms with Crippen LogP contribution in [0.5, 0.6) is 5.75 Å². The van der Waals surface area contributed by atoms with E-state index in [4.69, 9.17) is 9.47 Å². The highest BCUT2D eigenvalue weighted by Gasteiger charge is 2.29. The number of hydrogen-bond acceptors (Lipinski definition) is 7. The molecule has 8 nitrogen and oxygen atoms in total. The third-order valence-corrected chi connectivity index (χ3v) is 3.86. The number of carbonyl (C=O) groups excluding carboxylic acids is 1. The molecule has 2 aromatic heterocycles. The molecule has 0 aromatic carbocycles. The Morgan fingerprint density at radius 3 is 2.68 bits per heavy atom. The number of rotatable bonds is 7. The van der Waals surface area contributed by atoms with Crippen molar-refractivity contribution < 1.29 is 23.0 Å². The number of hydrogen-bond donors (Lipinski definition) is 2. The van der Waals surface area contributed by atoms with Crippen LogP contribution in [0.2, 0.25) is 0 Å². The van der Waals surface area contributed by atoms with Crippen molar-refractivity contribution in [1.29, 1.82) is 0 Å². The Morgan fingerprint density at radius 2 is 2.07 bits per heavy atom. The van der Waals surface area contributed by atoms with Gasteiger partial charge in [-0.15, -0.1) is 0 Å². The van der Waals surface area contributed by atoms with Crippen LogP contribution in [0.1, 0.15) is 25.4 Å². The maximum Gasteiger partial charge on any atom is 0.303 e. The quantitative estimate of drug-likeness (QED) is 0.746. The molecule has 0 aliphatic carbocycles. The molecule has 0 spiro atoms. The molecule has 0 bridgehead atoms. The van der Waals surface area contributed by atoms with Gasteiger partial charge in [0.25, 0.3) is 0 Å². The van der Waals surface area contributed by atoms with E-state index in [9.17, 15) is 13.6 Å². The SMILES string of the molecule is CC(=O)Nc1cc(Nc2cc(C)nc(C(C)(F)F)n2)c(OCC2COC2)cn1. The number of carbonyl (C=O) groups is 1. The van der Waals surface area contributed by atoms with Crippen molar-refractivity contribution in [2.45, 2.75) is 26.7 Å². The summed E-state index contributed by atoms with van der Waals surface area (Å²) < 4.78 is 38.2. The lowest BCUT2D eigenvalue weighted by Crippen LogP contribution is -2.32. The monoisotopic (exact) mass is 393 g/mol. The summed E-state index contributed by atoms with van der Waals surface area (Å²) in [7, 11) is 0. The molecule has 1 saturated heterocycles. The highest BCUT2D eigenvalue weighted by atomic mass is 19.3. The van der Waals surface area contributed by atoms with E-state index in [1.165, 1.54) is 19.2 Å². The Bertz CT molecular complexity index is 869. The highest BCUT2D eigenvalue weighted by Crippen LogP contribution is 2.31. The zero-order valence-corrected chi connectivity index (χ0v) is 15.8. The van der Waals surface area contributed by atoms with E-state index >= 15 is 0 Å². The Labute approximate surface area is 160 Å². The number of aryl methyl sites for hydroxylation is 1. The average Bonchev–Trinajstić information content (AvgIpc) is 2.53. The molecule has 1 aliphatic rings. The molecule has 0 atom stereocenters. The molecular formula is C18H21F2N5O3. The van der Waals surface area contributed by atoms with Gasteiger partial charge in [0.2, 0.25) is 11.7 Å². The molecule has 1 fully saturated rings. The second-order valence-corrected chi connectivity index (χ2v) is 6.69. The number of nitrogens with zero attached hydrogens (tertiary/aromatic N) is 3. The van der Waals surface area contributed by atoms with Gasteiger partial charge in [-0.25, -0.2) is 15.0 Å². The Kier molecular flexibility index (Phi) is 5.68. The van der Waals surface area contributed by atoms with Crippen molar-refractivity contribution >= 4 is 23.2 Å². The van der Waals surface area contributed by atoms with Crippen molar-refractivity contribution in [3.05, 3.63) is 29.8 Å². The van der Waals surface area contributed by atoms with Crippen molar-refractivity contribution in [2.75, 3.05) is 30.5 Å².